The summed E-state index contributed by atoms with van der Waals surface area (Å²) in [5.41, 5.74) is 5.84. The number of ketones is 2. The Kier molecular flexibility index (Phi) is 6.06. The Labute approximate surface area is 225 Å². The van der Waals surface area contributed by atoms with E-state index in [1.165, 1.54) is 18.5 Å². The molecule has 0 spiro atoms. The van der Waals surface area contributed by atoms with Gasteiger partial charge in [0.15, 0.2) is 18.0 Å². The minimum absolute atomic E-state index is 0.0521. The van der Waals surface area contributed by atoms with Gasteiger partial charge in [-0.25, -0.2) is 9.37 Å². The molecule has 1 aliphatic carbocycles. The maximum Gasteiger partial charge on any atom is 0.181 e. The van der Waals surface area contributed by atoms with Crippen LogP contribution in [0, 0.1) is 19.7 Å². The number of furan rings is 1. The van der Waals surface area contributed by atoms with E-state index >= 15 is 0 Å². The highest BCUT2D eigenvalue weighted by Crippen LogP contribution is 2.52. The molecule has 6 rings (SSSR count). The van der Waals surface area contributed by atoms with Crippen LogP contribution in [-0.2, 0) is 5.41 Å². The van der Waals surface area contributed by atoms with Gasteiger partial charge in [0.2, 0.25) is 0 Å². The number of aryl methyl sites for hydroxylation is 2. The topological polar surface area (TPSA) is 73.3 Å². The van der Waals surface area contributed by atoms with Gasteiger partial charge in [-0.1, -0.05) is 25.1 Å². The molecule has 1 fully saturated rings. The van der Waals surface area contributed by atoms with Crippen molar-refractivity contribution in [3.8, 4) is 22.5 Å². The summed E-state index contributed by atoms with van der Waals surface area (Å²) in [6.45, 7) is 5.71. The second-order valence-corrected chi connectivity index (χ2v) is 10.5. The molecule has 0 atom stereocenters. The highest BCUT2D eigenvalue weighted by Gasteiger charge is 2.49. The normalized spacial score (nSPS) is 14.1. The van der Waals surface area contributed by atoms with Crippen LogP contribution in [0.1, 0.15) is 70.3 Å². The first kappa shape index (κ1) is 25.0. The number of carbonyl (C=O) groups excluding carboxylic acids is 2. The van der Waals surface area contributed by atoms with Crippen LogP contribution in [0.2, 0.25) is 0 Å². The van der Waals surface area contributed by atoms with Crippen LogP contribution < -0.4 is 0 Å². The quantitative estimate of drug-likeness (QED) is 0.192. The van der Waals surface area contributed by atoms with Gasteiger partial charge in [-0.2, -0.15) is 0 Å². The first-order chi connectivity index (χ1) is 18.8. The van der Waals surface area contributed by atoms with E-state index in [2.05, 4.69) is 4.98 Å². The van der Waals surface area contributed by atoms with Crippen LogP contribution in [0.3, 0.4) is 0 Å². The van der Waals surface area contributed by atoms with Gasteiger partial charge in [0.1, 0.15) is 22.9 Å². The van der Waals surface area contributed by atoms with Crippen LogP contribution in [0.25, 0.3) is 33.4 Å². The summed E-state index contributed by atoms with van der Waals surface area (Å²) in [6, 6.07) is 17.5. The molecular weight excluding hydrogens is 493 g/mol. The molecule has 2 heterocycles. The highest BCUT2D eigenvalue weighted by molar-refractivity contribution is 6.12. The predicted molar refractivity (Wildman–Crippen MR) is 148 cm³/mol. The lowest BCUT2D eigenvalue weighted by atomic mass is 9.89. The number of nitrogens with zero attached hydrogens (tertiary/aromatic N) is 1. The zero-order valence-electron chi connectivity index (χ0n) is 22.1. The molecule has 0 N–H and O–H groups in total. The maximum atomic E-state index is 13.6. The fourth-order valence-electron chi connectivity index (χ4n) is 5.50. The van der Waals surface area contributed by atoms with Crippen LogP contribution in [-0.4, -0.2) is 16.6 Å². The largest absolute Gasteiger partial charge is 0.455 e. The molecule has 6 heteroatoms. The molecule has 1 saturated carbocycles. The number of hydrogen-bond acceptors (Lipinski definition) is 5. The molecule has 0 unspecified atom stereocenters. The first-order valence-electron chi connectivity index (χ1n) is 13.2. The number of hydrogen-bond donors (Lipinski definition) is 0. The van der Waals surface area contributed by atoms with E-state index in [1.807, 2.05) is 57.2 Å². The standard InChI is InChI=1S/C33H28FNO4/c1-4-27(36)30-26-15-22(9-12-29(26)39-31(30)21-7-10-24(34)11-8-21)25-16-23(6-5-19(25)2)28(37)17-33(13-14-33)32-20(3)38-18-35-32/h5-12,15-16,18H,4,13-14,17H2,1-3H3. The molecule has 5 nitrogen and oxygen atoms in total. The second kappa shape index (κ2) is 9.45. The number of rotatable bonds is 8. The molecule has 196 valence electrons. The van der Waals surface area contributed by atoms with E-state index in [9.17, 15) is 14.0 Å². The molecule has 0 aliphatic heterocycles. The van der Waals surface area contributed by atoms with Gasteiger partial charge in [0.25, 0.3) is 0 Å². The van der Waals surface area contributed by atoms with Crippen LogP contribution in [0.15, 0.2) is 75.9 Å². The first-order valence-corrected chi connectivity index (χ1v) is 13.2. The zero-order valence-corrected chi connectivity index (χ0v) is 22.1. The molecule has 2 aromatic heterocycles. The van der Waals surface area contributed by atoms with E-state index in [0.717, 1.165) is 41.0 Å². The number of benzene rings is 3. The van der Waals surface area contributed by atoms with Crippen molar-refractivity contribution in [1.29, 1.82) is 0 Å². The Morgan fingerprint density at radius 1 is 0.949 bits per heavy atom. The Hall–Kier alpha value is -4.32. The molecule has 0 bridgehead atoms. The average molecular weight is 522 g/mol. The Bertz CT molecular complexity index is 1740. The number of Topliss-reactive ketones (excluding diaryl/α,β-unsaturated/α-hetero) is 2. The summed E-state index contributed by atoms with van der Waals surface area (Å²) in [6.07, 6.45) is 3.99. The Morgan fingerprint density at radius 2 is 1.69 bits per heavy atom. The highest BCUT2D eigenvalue weighted by atomic mass is 19.1. The SMILES string of the molecule is CCC(=O)c1c(-c2ccc(F)cc2)oc2ccc(-c3cc(C(=O)CC4(c5ncoc5C)CC4)ccc3C)cc12. The van der Waals surface area contributed by atoms with Crippen molar-refractivity contribution in [2.45, 2.75) is 51.9 Å². The van der Waals surface area contributed by atoms with Gasteiger partial charge in [-0.15, -0.1) is 0 Å². The fourth-order valence-corrected chi connectivity index (χ4v) is 5.50. The number of halogens is 1. The van der Waals surface area contributed by atoms with E-state index in [0.29, 0.717) is 46.3 Å². The summed E-state index contributed by atoms with van der Waals surface area (Å²) < 4.78 is 25.1. The number of oxazole rings is 1. The minimum Gasteiger partial charge on any atom is -0.455 e. The molecule has 1 aliphatic rings. The molecule has 5 aromatic rings. The summed E-state index contributed by atoms with van der Waals surface area (Å²) in [7, 11) is 0. The number of aromatic nitrogens is 1. The lowest BCUT2D eigenvalue weighted by molar-refractivity contribution is 0.0966. The van der Waals surface area contributed by atoms with Crippen molar-refractivity contribution in [2.75, 3.05) is 0 Å². The van der Waals surface area contributed by atoms with Crippen LogP contribution >= 0.6 is 0 Å². The monoisotopic (exact) mass is 521 g/mol. The molecule has 0 saturated heterocycles. The lowest BCUT2D eigenvalue weighted by Gasteiger charge is -2.14. The van der Waals surface area contributed by atoms with E-state index in [4.69, 9.17) is 8.83 Å². The minimum atomic E-state index is -0.353. The third-order valence-corrected chi connectivity index (χ3v) is 7.86. The summed E-state index contributed by atoms with van der Waals surface area (Å²) >= 11 is 0. The lowest BCUT2D eigenvalue weighted by Crippen LogP contribution is -2.15. The molecule has 3 aromatic carbocycles. The summed E-state index contributed by atoms with van der Waals surface area (Å²) in [5, 5.41) is 0.702. The Morgan fingerprint density at radius 3 is 2.36 bits per heavy atom. The van der Waals surface area contributed by atoms with Gasteiger partial charge >= 0.3 is 0 Å². The van der Waals surface area contributed by atoms with Gasteiger partial charge in [-0.05, 0) is 85.8 Å². The van der Waals surface area contributed by atoms with Gasteiger partial charge < -0.3 is 8.83 Å². The van der Waals surface area contributed by atoms with Crippen LogP contribution in [0.5, 0.6) is 0 Å². The summed E-state index contributed by atoms with van der Waals surface area (Å²) in [5.74, 6) is 0.877. The van der Waals surface area contributed by atoms with E-state index < -0.39 is 0 Å². The third-order valence-electron chi connectivity index (χ3n) is 7.86. The van der Waals surface area contributed by atoms with Crippen molar-refractivity contribution in [1.82, 2.24) is 4.98 Å². The van der Waals surface area contributed by atoms with Gasteiger partial charge in [0, 0.05) is 34.8 Å². The fraction of sp³-hybridized carbons (Fsp3) is 0.242. The van der Waals surface area contributed by atoms with Crippen molar-refractivity contribution in [2.24, 2.45) is 0 Å². The third kappa shape index (κ3) is 4.40. The van der Waals surface area contributed by atoms with Gasteiger partial charge in [0.05, 0.1) is 11.3 Å². The smallest absolute Gasteiger partial charge is 0.181 e. The number of fused-ring (bicyclic) bond motifs is 1. The Balaban J connectivity index is 1.39. The van der Waals surface area contributed by atoms with Gasteiger partial charge in [-0.3, -0.25) is 9.59 Å². The van der Waals surface area contributed by atoms with E-state index in [-0.39, 0.29) is 22.8 Å². The average Bonchev–Trinajstić information content (AvgIpc) is 3.40. The summed E-state index contributed by atoms with van der Waals surface area (Å²) in [4.78, 5) is 30.9. The zero-order chi connectivity index (χ0) is 27.3. The van der Waals surface area contributed by atoms with Crippen molar-refractivity contribution in [3.63, 3.8) is 0 Å². The van der Waals surface area contributed by atoms with Crippen molar-refractivity contribution < 1.29 is 22.8 Å². The maximum absolute atomic E-state index is 13.6. The van der Waals surface area contributed by atoms with E-state index in [1.54, 1.807) is 12.1 Å². The molecule has 0 radical (unpaired) electrons. The van der Waals surface area contributed by atoms with Crippen molar-refractivity contribution in [3.05, 3.63) is 101 Å². The molecule has 0 amide bonds. The van der Waals surface area contributed by atoms with Crippen LogP contribution in [0.4, 0.5) is 4.39 Å². The molecule has 39 heavy (non-hydrogen) atoms. The second-order valence-electron chi connectivity index (χ2n) is 10.5. The molecular formula is C33H28FNO4. The number of carbonyl (C=O) groups is 2. The van der Waals surface area contributed by atoms with Crippen molar-refractivity contribution >= 4 is 22.5 Å². The predicted octanol–water partition coefficient (Wildman–Crippen LogP) is 8.41.